The minimum absolute atomic E-state index is 0.292. The van der Waals surface area contributed by atoms with Crippen LogP contribution in [0.15, 0.2) is 30.5 Å². The van der Waals surface area contributed by atoms with Gasteiger partial charge in [0.05, 0.1) is 6.20 Å². The molecule has 4 rings (SSSR count). The molecular weight excluding hydrogens is 366 g/mol. The lowest BCUT2D eigenvalue weighted by Crippen LogP contribution is -2.45. The number of nitrogens with one attached hydrogen (secondary N) is 1. The molecule has 2 saturated heterocycles. The van der Waals surface area contributed by atoms with E-state index in [0.29, 0.717) is 11.5 Å². The molecule has 0 spiro atoms. The molecule has 8 heteroatoms. The number of rotatable bonds is 5. The second-order valence-electron chi connectivity index (χ2n) is 7.39. The summed E-state index contributed by atoms with van der Waals surface area (Å²) in [6.45, 7) is 5.10. The zero-order valence-corrected chi connectivity index (χ0v) is 16.4. The maximum atomic E-state index is 10.9. The molecule has 2 aromatic rings. The molecule has 29 heavy (non-hydrogen) atoms. The lowest BCUT2D eigenvalue weighted by Gasteiger charge is -2.34. The smallest absolute Gasteiger partial charge is 0.209 e. The monoisotopic (exact) mass is 391 g/mol. The Hall–Kier alpha value is -3.34. The number of piperidine rings is 1. The molecular formula is C21H25N7O. The van der Waals surface area contributed by atoms with Crippen molar-refractivity contribution < 1.29 is 4.79 Å². The molecule has 1 aromatic carbocycles. The number of hydrogen-bond acceptors (Lipinski definition) is 7. The van der Waals surface area contributed by atoms with Crippen molar-refractivity contribution in [2.75, 3.05) is 54.4 Å². The third kappa shape index (κ3) is 4.40. The van der Waals surface area contributed by atoms with E-state index in [9.17, 15) is 10.1 Å². The molecule has 8 nitrogen and oxygen atoms in total. The second-order valence-corrected chi connectivity index (χ2v) is 7.39. The first-order valence-corrected chi connectivity index (χ1v) is 10.1. The summed E-state index contributed by atoms with van der Waals surface area (Å²) in [7, 11) is 0. The van der Waals surface area contributed by atoms with E-state index in [2.05, 4.69) is 31.2 Å². The highest BCUT2D eigenvalue weighted by molar-refractivity contribution is 5.65. The second kappa shape index (κ2) is 8.78. The Labute approximate surface area is 170 Å². The number of amides is 1. The van der Waals surface area contributed by atoms with Crippen LogP contribution >= 0.6 is 0 Å². The quantitative estimate of drug-likeness (QED) is 0.783. The van der Waals surface area contributed by atoms with Gasteiger partial charge in [0.1, 0.15) is 11.9 Å². The first-order chi connectivity index (χ1) is 14.3. The van der Waals surface area contributed by atoms with E-state index in [4.69, 9.17) is 0 Å². The average Bonchev–Trinajstić information content (AvgIpc) is 2.80. The maximum absolute atomic E-state index is 10.9. The summed E-state index contributed by atoms with van der Waals surface area (Å²) in [4.78, 5) is 26.1. The molecule has 0 atom stereocenters. The number of piperazine rings is 1. The topological polar surface area (TPSA) is 88.4 Å². The van der Waals surface area contributed by atoms with Gasteiger partial charge in [0.2, 0.25) is 6.41 Å². The van der Waals surface area contributed by atoms with Gasteiger partial charge in [-0.15, -0.1) is 0 Å². The largest absolute Gasteiger partial charge is 0.368 e. The number of nitrogens with zero attached hydrogens (tertiary/aromatic N) is 6. The van der Waals surface area contributed by atoms with E-state index < -0.39 is 0 Å². The van der Waals surface area contributed by atoms with Crippen LogP contribution in [0.4, 0.5) is 23.0 Å². The van der Waals surface area contributed by atoms with Crippen LogP contribution in [0.1, 0.15) is 25.0 Å². The Morgan fingerprint density at radius 3 is 2.34 bits per heavy atom. The average molecular weight is 391 g/mol. The summed E-state index contributed by atoms with van der Waals surface area (Å²) in [5.41, 5.74) is 2.27. The molecule has 0 saturated carbocycles. The third-order valence-electron chi connectivity index (χ3n) is 5.50. The van der Waals surface area contributed by atoms with Gasteiger partial charge in [-0.1, -0.05) is 0 Å². The minimum Gasteiger partial charge on any atom is -0.368 e. The zero-order valence-electron chi connectivity index (χ0n) is 16.4. The standard InChI is InChI=1S/C21H25N7O/c22-14-19-21(25-20(15-23-19)28-8-2-1-3-9-28)24-17-4-6-18(7-5-17)27-12-10-26(16-29)11-13-27/h4-7,15-16H,1-3,8-13H2,(H,24,25). The van der Waals surface area contributed by atoms with Crippen molar-refractivity contribution >= 4 is 29.4 Å². The van der Waals surface area contributed by atoms with Gasteiger partial charge >= 0.3 is 0 Å². The molecule has 1 amide bonds. The normalized spacial score (nSPS) is 17.0. The fourth-order valence-electron chi connectivity index (χ4n) is 3.80. The summed E-state index contributed by atoms with van der Waals surface area (Å²) in [5.74, 6) is 1.30. The van der Waals surface area contributed by atoms with Gasteiger partial charge in [0.25, 0.3) is 0 Å². The Morgan fingerprint density at radius 2 is 1.69 bits per heavy atom. The summed E-state index contributed by atoms with van der Waals surface area (Å²) in [6.07, 6.45) is 6.18. The van der Waals surface area contributed by atoms with E-state index in [1.807, 2.05) is 24.3 Å². The van der Waals surface area contributed by atoms with Crippen molar-refractivity contribution in [1.29, 1.82) is 5.26 Å². The van der Waals surface area contributed by atoms with Crippen LogP contribution < -0.4 is 15.1 Å². The summed E-state index contributed by atoms with van der Waals surface area (Å²) in [5, 5.41) is 12.7. The number of benzene rings is 1. The zero-order chi connectivity index (χ0) is 20.1. The van der Waals surface area contributed by atoms with Crippen molar-refractivity contribution in [2.24, 2.45) is 0 Å². The molecule has 3 heterocycles. The number of anilines is 4. The molecule has 0 unspecified atom stereocenters. The molecule has 150 valence electrons. The Morgan fingerprint density at radius 1 is 0.966 bits per heavy atom. The summed E-state index contributed by atoms with van der Waals surface area (Å²) < 4.78 is 0. The summed E-state index contributed by atoms with van der Waals surface area (Å²) >= 11 is 0. The fraction of sp³-hybridized carbons (Fsp3) is 0.429. The van der Waals surface area contributed by atoms with Crippen molar-refractivity contribution in [1.82, 2.24) is 14.9 Å². The molecule has 1 N–H and O–H groups in total. The molecule has 2 aliphatic heterocycles. The van der Waals surface area contributed by atoms with Crippen LogP contribution in [0, 0.1) is 11.3 Å². The predicted molar refractivity (Wildman–Crippen MR) is 112 cm³/mol. The first kappa shape index (κ1) is 19.0. The number of carbonyl (C=O) groups is 1. The van der Waals surface area contributed by atoms with Gasteiger partial charge in [0.15, 0.2) is 11.5 Å². The van der Waals surface area contributed by atoms with Crippen LogP contribution in [-0.2, 0) is 4.79 Å². The van der Waals surface area contributed by atoms with Crippen molar-refractivity contribution in [3.8, 4) is 6.07 Å². The number of aromatic nitrogens is 2. The van der Waals surface area contributed by atoms with Crippen molar-refractivity contribution in [2.45, 2.75) is 19.3 Å². The van der Waals surface area contributed by atoms with Crippen LogP contribution in [-0.4, -0.2) is 60.5 Å². The lowest BCUT2D eigenvalue weighted by atomic mass is 10.1. The Balaban J connectivity index is 1.47. The Kier molecular flexibility index (Phi) is 5.75. The van der Waals surface area contributed by atoms with E-state index >= 15 is 0 Å². The van der Waals surface area contributed by atoms with Crippen molar-refractivity contribution in [3.63, 3.8) is 0 Å². The van der Waals surface area contributed by atoms with E-state index in [0.717, 1.165) is 75.7 Å². The van der Waals surface area contributed by atoms with Crippen LogP contribution in [0.3, 0.4) is 0 Å². The van der Waals surface area contributed by atoms with E-state index in [1.54, 1.807) is 11.1 Å². The van der Waals surface area contributed by atoms with Gasteiger partial charge in [-0.05, 0) is 43.5 Å². The first-order valence-electron chi connectivity index (χ1n) is 10.1. The summed E-state index contributed by atoms with van der Waals surface area (Å²) in [6, 6.07) is 10.2. The van der Waals surface area contributed by atoms with Crippen LogP contribution in [0.25, 0.3) is 0 Å². The van der Waals surface area contributed by atoms with Gasteiger partial charge < -0.3 is 20.0 Å². The highest BCUT2D eigenvalue weighted by Gasteiger charge is 2.17. The molecule has 0 radical (unpaired) electrons. The SMILES string of the molecule is N#Cc1ncc(N2CCCCC2)nc1Nc1ccc(N2CCN(C=O)CC2)cc1. The van der Waals surface area contributed by atoms with Gasteiger partial charge in [-0.2, -0.15) is 5.26 Å². The van der Waals surface area contributed by atoms with Crippen LogP contribution in [0.2, 0.25) is 0 Å². The molecule has 1 aromatic heterocycles. The lowest BCUT2D eigenvalue weighted by molar-refractivity contribution is -0.118. The van der Waals surface area contributed by atoms with E-state index in [1.165, 1.54) is 6.42 Å². The van der Waals surface area contributed by atoms with Gasteiger partial charge in [-0.25, -0.2) is 9.97 Å². The number of hydrogen-bond donors (Lipinski definition) is 1. The maximum Gasteiger partial charge on any atom is 0.209 e. The molecule has 2 aliphatic rings. The highest BCUT2D eigenvalue weighted by Crippen LogP contribution is 2.25. The number of carbonyl (C=O) groups excluding carboxylic acids is 1. The predicted octanol–water partition coefficient (Wildman–Crippen LogP) is 2.36. The van der Waals surface area contributed by atoms with E-state index in [-0.39, 0.29) is 0 Å². The highest BCUT2D eigenvalue weighted by atomic mass is 16.1. The van der Waals surface area contributed by atoms with Gasteiger partial charge in [-0.3, -0.25) is 4.79 Å². The third-order valence-corrected chi connectivity index (χ3v) is 5.50. The Bertz CT molecular complexity index is 879. The van der Waals surface area contributed by atoms with Gasteiger partial charge in [0, 0.05) is 50.6 Å². The minimum atomic E-state index is 0.292. The van der Waals surface area contributed by atoms with Crippen molar-refractivity contribution in [3.05, 3.63) is 36.2 Å². The number of nitriles is 1. The van der Waals surface area contributed by atoms with Crippen LogP contribution in [0.5, 0.6) is 0 Å². The molecule has 0 bridgehead atoms. The molecule has 0 aliphatic carbocycles. The molecule has 2 fully saturated rings. The fourth-order valence-corrected chi connectivity index (χ4v) is 3.80.